The normalized spacial score (nSPS) is 19.8. The Balaban J connectivity index is 2.29. The quantitative estimate of drug-likeness (QED) is 0.898. The number of anilines is 1. The summed E-state index contributed by atoms with van der Waals surface area (Å²) in [6.07, 6.45) is 0.0465. The Morgan fingerprint density at radius 3 is 2.76 bits per heavy atom. The molecule has 1 aromatic rings. The highest BCUT2D eigenvalue weighted by atomic mass is 79.9. The van der Waals surface area contributed by atoms with Crippen LogP contribution in [0.25, 0.3) is 0 Å². The molecule has 1 aliphatic heterocycles. The van der Waals surface area contributed by atoms with Crippen molar-refractivity contribution in [2.24, 2.45) is 11.7 Å². The molecular formula is C11H10BrFN2O2. The smallest absolute Gasteiger partial charge is 0.227 e. The third-order valence-electron chi connectivity index (χ3n) is 2.73. The third kappa shape index (κ3) is 2.31. The van der Waals surface area contributed by atoms with Crippen molar-refractivity contribution in [2.45, 2.75) is 6.42 Å². The van der Waals surface area contributed by atoms with Gasteiger partial charge in [0, 0.05) is 17.4 Å². The molecule has 1 fully saturated rings. The van der Waals surface area contributed by atoms with E-state index in [-0.39, 0.29) is 24.6 Å². The average Bonchev–Trinajstić information content (AvgIpc) is 2.61. The number of hydrogen-bond donors (Lipinski definition) is 1. The van der Waals surface area contributed by atoms with Crippen LogP contribution in [0.4, 0.5) is 10.1 Å². The second-order valence-electron chi connectivity index (χ2n) is 3.90. The molecule has 2 amide bonds. The van der Waals surface area contributed by atoms with E-state index in [1.165, 1.54) is 17.0 Å². The van der Waals surface area contributed by atoms with Crippen LogP contribution in [0.5, 0.6) is 0 Å². The van der Waals surface area contributed by atoms with E-state index in [1.807, 2.05) is 0 Å². The molecule has 0 spiro atoms. The molecule has 0 unspecified atom stereocenters. The predicted molar refractivity (Wildman–Crippen MR) is 63.8 cm³/mol. The van der Waals surface area contributed by atoms with Gasteiger partial charge in [0.15, 0.2) is 0 Å². The Kier molecular flexibility index (Phi) is 3.15. The zero-order valence-corrected chi connectivity index (χ0v) is 10.4. The third-order valence-corrected chi connectivity index (χ3v) is 3.22. The summed E-state index contributed by atoms with van der Waals surface area (Å²) in [4.78, 5) is 23.9. The van der Waals surface area contributed by atoms with Gasteiger partial charge in [0.25, 0.3) is 0 Å². The minimum absolute atomic E-state index is 0.0465. The fourth-order valence-corrected chi connectivity index (χ4v) is 2.16. The first-order valence-corrected chi connectivity index (χ1v) is 5.83. The minimum Gasteiger partial charge on any atom is -0.369 e. The standard InChI is InChI=1S/C11H10BrFN2O2/c12-7-1-2-9(8(13)4-7)15-5-6(11(14)17)3-10(15)16/h1-2,4,6H,3,5H2,(H2,14,17)/t6-/m1/s1. The van der Waals surface area contributed by atoms with Gasteiger partial charge in [0.1, 0.15) is 5.82 Å². The zero-order valence-electron chi connectivity index (χ0n) is 8.82. The van der Waals surface area contributed by atoms with E-state index in [0.29, 0.717) is 4.47 Å². The molecule has 90 valence electrons. The van der Waals surface area contributed by atoms with Gasteiger partial charge in [-0.3, -0.25) is 9.59 Å². The highest BCUT2D eigenvalue weighted by Gasteiger charge is 2.34. The maximum atomic E-state index is 13.7. The van der Waals surface area contributed by atoms with Gasteiger partial charge in [-0.25, -0.2) is 4.39 Å². The number of rotatable bonds is 2. The largest absolute Gasteiger partial charge is 0.369 e. The second kappa shape index (κ2) is 4.44. The Bertz CT molecular complexity index is 492. The molecule has 17 heavy (non-hydrogen) atoms. The van der Waals surface area contributed by atoms with Crippen LogP contribution in [-0.2, 0) is 9.59 Å². The zero-order chi connectivity index (χ0) is 12.6. The van der Waals surface area contributed by atoms with Crippen molar-refractivity contribution in [2.75, 3.05) is 11.4 Å². The van der Waals surface area contributed by atoms with E-state index in [0.717, 1.165) is 0 Å². The Labute approximate surface area is 106 Å². The number of nitrogens with zero attached hydrogens (tertiary/aromatic N) is 1. The van der Waals surface area contributed by atoms with Crippen molar-refractivity contribution in [3.63, 3.8) is 0 Å². The number of hydrogen-bond acceptors (Lipinski definition) is 2. The molecule has 0 aromatic heterocycles. The first-order valence-electron chi connectivity index (χ1n) is 5.04. The summed E-state index contributed by atoms with van der Waals surface area (Å²) < 4.78 is 14.3. The predicted octanol–water partition coefficient (Wildman–Crippen LogP) is 1.43. The van der Waals surface area contributed by atoms with Gasteiger partial charge >= 0.3 is 0 Å². The number of amides is 2. The molecule has 0 radical (unpaired) electrons. The molecule has 1 saturated heterocycles. The van der Waals surface area contributed by atoms with Crippen LogP contribution in [0, 0.1) is 11.7 Å². The fraction of sp³-hybridized carbons (Fsp3) is 0.273. The van der Waals surface area contributed by atoms with Crippen LogP contribution >= 0.6 is 15.9 Å². The molecule has 0 bridgehead atoms. The summed E-state index contributed by atoms with van der Waals surface area (Å²) >= 11 is 3.14. The Morgan fingerprint density at radius 1 is 1.53 bits per heavy atom. The number of benzene rings is 1. The molecule has 4 nitrogen and oxygen atoms in total. The van der Waals surface area contributed by atoms with Gasteiger partial charge in [-0.2, -0.15) is 0 Å². The number of halogens is 2. The van der Waals surface area contributed by atoms with E-state index >= 15 is 0 Å². The molecule has 1 aromatic carbocycles. The minimum atomic E-state index is -0.537. The van der Waals surface area contributed by atoms with E-state index in [1.54, 1.807) is 6.07 Å². The van der Waals surface area contributed by atoms with E-state index < -0.39 is 17.6 Å². The van der Waals surface area contributed by atoms with Gasteiger partial charge in [-0.15, -0.1) is 0 Å². The number of primary amides is 1. The molecule has 1 atom stereocenters. The summed E-state index contributed by atoms with van der Waals surface area (Å²) in [6, 6.07) is 4.42. The molecular weight excluding hydrogens is 291 g/mol. The first-order chi connectivity index (χ1) is 7.99. The van der Waals surface area contributed by atoms with Gasteiger partial charge in [0.05, 0.1) is 11.6 Å². The summed E-state index contributed by atoms with van der Waals surface area (Å²) in [7, 11) is 0. The molecule has 2 rings (SSSR count). The lowest BCUT2D eigenvalue weighted by atomic mass is 10.1. The Hall–Kier alpha value is -1.43. The van der Waals surface area contributed by atoms with Crippen LogP contribution in [0.1, 0.15) is 6.42 Å². The van der Waals surface area contributed by atoms with Crippen molar-refractivity contribution in [1.82, 2.24) is 0 Å². The number of nitrogens with two attached hydrogens (primary N) is 1. The SMILES string of the molecule is NC(=O)[C@@H]1CC(=O)N(c2ccc(Br)cc2F)C1. The van der Waals surface area contributed by atoms with Gasteiger partial charge in [0.2, 0.25) is 11.8 Å². The van der Waals surface area contributed by atoms with Crippen molar-refractivity contribution in [3.05, 3.63) is 28.5 Å². The molecule has 1 aliphatic rings. The van der Waals surface area contributed by atoms with Crippen molar-refractivity contribution >= 4 is 33.4 Å². The lowest BCUT2D eigenvalue weighted by Gasteiger charge is -2.17. The highest BCUT2D eigenvalue weighted by molar-refractivity contribution is 9.10. The number of carbonyl (C=O) groups excluding carboxylic acids is 2. The average molecular weight is 301 g/mol. The molecule has 6 heteroatoms. The van der Waals surface area contributed by atoms with Gasteiger partial charge in [-0.1, -0.05) is 15.9 Å². The van der Waals surface area contributed by atoms with Crippen molar-refractivity contribution in [3.8, 4) is 0 Å². The van der Waals surface area contributed by atoms with E-state index in [9.17, 15) is 14.0 Å². The molecule has 2 N–H and O–H groups in total. The van der Waals surface area contributed by atoms with Crippen LogP contribution in [0.2, 0.25) is 0 Å². The summed E-state index contributed by atoms with van der Waals surface area (Å²) in [6.45, 7) is 0.146. The lowest BCUT2D eigenvalue weighted by molar-refractivity contribution is -0.123. The molecule has 0 aliphatic carbocycles. The van der Waals surface area contributed by atoms with Crippen molar-refractivity contribution < 1.29 is 14.0 Å². The Morgan fingerprint density at radius 2 is 2.24 bits per heavy atom. The summed E-state index contributed by atoms with van der Waals surface area (Å²) in [5.74, 6) is -1.85. The summed E-state index contributed by atoms with van der Waals surface area (Å²) in [5.41, 5.74) is 5.33. The first kappa shape index (κ1) is 12.0. The summed E-state index contributed by atoms with van der Waals surface area (Å²) in [5, 5.41) is 0. The maximum Gasteiger partial charge on any atom is 0.227 e. The lowest BCUT2D eigenvalue weighted by Crippen LogP contribution is -2.28. The monoisotopic (exact) mass is 300 g/mol. The molecule has 1 heterocycles. The van der Waals surface area contributed by atoms with Crippen molar-refractivity contribution in [1.29, 1.82) is 0 Å². The topological polar surface area (TPSA) is 63.4 Å². The highest BCUT2D eigenvalue weighted by Crippen LogP contribution is 2.28. The van der Waals surface area contributed by atoms with E-state index in [4.69, 9.17) is 5.73 Å². The van der Waals surface area contributed by atoms with Gasteiger partial charge < -0.3 is 10.6 Å². The maximum absolute atomic E-state index is 13.7. The number of carbonyl (C=O) groups is 2. The second-order valence-corrected chi connectivity index (χ2v) is 4.82. The van der Waals surface area contributed by atoms with Crippen LogP contribution in [-0.4, -0.2) is 18.4 Å². The van der Waals surface area contributed by atoms with Crippen LogP contribution in [0.3, 0.4) is 0 Å². The van der Waals surface area contributed by atoms with Crippen LogP contribution < -0.4 is 10.6 Å². The fourth-order valence-electron chi connectivity index (χ4n) is 1.83. The van der Waals surface area contributed by atoms with Gasteiger partial charge in [-0.05, 0) is 18.2 Å². The van der Waals surface area contributed by atoms with E-state index in [2.05, 4.69) is 15.9 Å². The van der Waals surface area contributed by atoms with Crippen LogP contribution in [0.15, 0.2) is 22.7 Å². The molecule has 0 saturated carbocycles.